The van der Waals surface area contributed by atoms with Gasteiger partial charge in [0.25, 0.3) is 0 Å². The fraction of sp³-hybridized carbons (Fsp3) is 0.294. The quantitative estimate of drug-likeness (QED) is 0.900. The molecule has 1 aliphatic rings. The first kappa shape index (κ1) is 13.6. The van der Waals surface area contributed by atoms with E-state index >= 15 is 0 Å². The van der Waals surface area contributed by atoms with Gasteiger partial charge >= 0.3 is 0 Å². The molecule has 0 aliphatic carbocycles. The second-order valence-corrected chi connectivity index (χ2v) is 5.60. The number of hydrogen-bond donors (Lipinski definition) is 2. The third kappa shape index (κ3) is 3.04. The minimum absolute atomic E-state index is 0.387. The molecule has 0 saturated heterocycles. The lowest BCUT2D eigenvalue weighted by Crippen LogP contribution is -2.22. The van der Waals surface area contributed by atoms with E-state index in [1.54, 1.807) is 0 Å². The van der Waals surface area contributed by atoms with E-state index in [-0.39, 0.29) is 0 Å². The van der Waals surface area contributed by atoms with Crippen molar-refractivity contribution in [2.75, 3.05) is 6.54 Å². The maximum absolute atomic E-state index is 6.22. The van der Waals surface area contributed by atoms with Gasteiger partial charge in [0.2, 0.25) is 0 Å². The highest BCUT2D eigenvalue weighted by atomic mass is 35.5. The Hall–Kier alpha value is -1.35. The monoisotopic (exact) mass is 286 g/mol. The molecule has 2 aromatic rings. The van der Waals surface area contributed by atoms with E-state index in [0.29, 0.717) is 6.04 Å². The van der Waals surface area contributed by atoms with E-state index in [2.05, 4.69) is 41.0 Å². The first-order valence-corrected chi connectivity index (χ1v) is 7.48. The van der Waals surface area contributed by atoms with Crippen LogP contribution in [0.25, 0.3) is 0 Å². The van der Waals surface area contributed by atoms with Gasteiger partial charge in [-0.2, -0.15) is 0 Å². The van der Waals surface area contributed by atoms with E-state index in [1.807, 2.05) is 18.2 Å². The van der Waals surface area contributed by atoms with Crippen LogP contribution >= 0.6 is 11.6 Å². The lowest BCUT2D eigenvalue weighted by atomic mass is 9.99. The molecule has 0 saturated carbocycles. The Morgan fingerprint density at radius 2 is 1.90 bits per heavy atom. The molecule has 1 atom stereocenters. The van der Waals surface area contributed by atoms with Crippen LogP contribution in [-0.4, -0.2) is 6.54 Å². The minimum Gasteiger partial charge on any atom is -0.313 e. The Kier molecular flexibility index (Phi) is 4.36. The van der Waals surface area contributed by atoms with Gasteiger partial charge in [-0.05, 0) is 35.7 Å². The van der Waals surface area contributed by atoms with E-state index in [9.17, 15) is 0 Å². The Labute approximate surface area is 125 Å². The van der Waals surface area contributed by atoms with Gasteiger partial charge in [-0.25, -0.2) is 0 Å². The van der Waals surface area contributed by atoms with Crippen LogP contribution in [0.5, 0.6) is 0 Å². The van der Waals surface area contributed by atoms with Crippen molar-refractivity contribution in [3.8, 4) is 0 Å². The molecule has 0 fully saturated rings. The number of halogens is 1. The van der Waals surface area contributed by atoms with Gasteiger partial charge < -0.3 is 10.6 Å². The third-order valence-corrected chi connectivity index (χ3v) is 4.22. The van der Waals surface area contributed by atoms with Crippen LogP contribution in [0, 0.1) is 0 Å². The van der Waals surface area contributed by atoms with Crippen LogP contribution in [0.1, 0.15) is 29.2 Å². The average Bonchev–Trinajstić information content (AvgIpc) is 2.69. The molecule has 2 N–H and O–H groups in total. The molecule has 2 nitrogen and oxygen atoms in total. The summed E-state index contributed by atoms with van der Waals surface area (Å²) in [6, 6.07) is 17.1. The van der Waals surface area contributed by atoms with Crippen molar-refractivity contribution >= 4 is 11.6 Å². The van der Waals surface area contributed by atoms with Crippen LogP contribution in [0.15, 0.2) is 48.5 Å². The topological polar surface area (TPSA) is 24.1 Å². The molecule has 0 bridgehead atoms. The van der Waals surface area contributed by atoms with Gasteiger partial charge in [0.05, 0.1) is 0 Å². The summed E-state index contributed by atoms with van der Waals surface area (Å²) in [7, 11) is 0. The third-order valence-electron chi connectivity index (χ3n) is 3.85. The first-order chi connectivity index (χ1) is 9.84. The Bertz CT molecular complexity index is 583. The lowest BCUT2D eigenvalue weighted by molar-refractivity contribution is 0.496. The maximum Gasteiger partial charge on any atom is 0.0450 e. The summed E-state index contributed by atoms with van der Waals surface area (Å²) < 4.78 is 0. The molecule has 104 valence electrons. The standard InChI is InChI=1S/C17H19ClN2/c18-16-8-4-2-6-14(16)12-20-17-9-10-19-11-13-5-1-3-7-15(13)17/h1-8,17,19-20H,9-12H2. The molecule has 3 heteroatoms. The van der Waals surface area contributed by atoms with E-state index in [4.69, 9.17) is 11.6 Å². The fourth-order valence-electron chi connectivity index (χ4n) is 2.75. The molecule has 0 spiro atoms. The van der Waals surface area contributed by atoms with Crippen LogP contribution in [0.2, 0.25) is 5.02 Å². The zero-order valence-corrected chi connectivity index (χ0v) is 12.2. The molecule has 1 unspecified atom stereocenters. The summed E-state index contributed by atoms with van der Waals surface area (Å²) in [6.07, 6.45) is 1.10. The molecule has 1 aliphatic heterocycles. The highest BCUT2D eigenvalue weighted by Gasteiger charge is 2.17. The van der Waals surface area contributed by atoms with Gasteiger partial charge in [0, 0.05) is 24.2 Å². The molecule has 1 heterocycles. The molecule has 3 rings (SSSR count). The molecule has 20 heavy (non-hydrogen) atoms. The van der Waals surface area contributed by atoms with Gasteiger partial charge in [-0.15, -0.1) is 0 Å². The second-order valence-electron chi connectivity index (χ2n) is 5.19. The van der Waals surface area contributed by atoms with Gasteiger partial charge in [-0.1, -0.05) is 54.1 Å². The summed E-state index contributed by atoms with van der Waals surface area (Å²) in [5.41, 5.74) is 3.95. The molecular formula is C17H19ClN2. The Morgan fingerprint density at radius 3 is 2.80 bits per heavy atom. The smallest absolute Gasteiger partial charge is 0.0450 e. The van der Waals surface area contributed by atoms with Crippen LogP contribution in [0.4, 0.5) is 0 Å². The molecule has 0 amide bonds. The number of hydrogen-bond acceptors (Lipinski definition) is 2. The number of fused-ring (bicyclic) bond motifs is 1. The lowest BCUT2D eigenvalue weighted by Gasteiger charge is -2.19. The van der Waals surface area contributed by atoms with Crippen molar-refractivity contribution in [1.29, 1.82) is 0 Å². The van der Waals surface area contributed by atoms with Crippen LogP contribution in [0.3, 0.4) is 0 Å². The number of rotatable bonds is 3. The Morgan fingerprint density at radius 1 is 1.10 bits per heavy atom. The summed E-state index contributed by atoms with van der Waals surface area (Å²) in [5.74, 6) is 0. The number of benzene rings is 2. The summed E-state index contributed by atoms with van der Waals surface area (Å²) in [5, 5.41) is 7.96. The molecular weight excluding hydrogens is 268 g/mol. The van der Waals surface area contributed by atoms with Crippen molar-refractivity contribution in [3.63, 3.8) is 0 Å². The molecule has 0 aromatic heterocycles. The molecule has 0 radical (unpaired) electrons. The maximum atomic E-state index is 6.22. The Balaban J connectivity index is 1.76. The van der Waals surface area contributed by atoms with E-state index < -0.39 is 0 Å². The second kappa shape index (κ2) is 6.40. The van der Waals surface area contributed by atoms with Gasteiger partial charge in [0.1, 0.15) is 0 Å². The summed E-state index contributed by atoms with van der Waals surface area (Å²) >= 11 is 6.22. The van der Waals surface area contributed by atoms with Crippen molar-refractivity contribution < 1.29 is 0 Å². The zero-order chi connectivity index (χ0) is 13.8. The molecule has 2 aromatic carbocycles. The fourth-order valence-corrected chi connectivity index (χ4v) is 2.95. The largest absolute Gasteiger partial charge is 0.313 e. The first-order valence-electron chi connectivity index (χ1n) is 7.10. The van der Waals surface area contributed by atoms with Gasteiger partial charge in [-0.3, -0.25) is 0 Å². The van der Waals surface area contributed by atoms with Gasteiger partial charge in [0.15, 0.2) is 0 Å². The summed E-state index contributed by atoms with van der Waals surface area (Å²) in [4.78, 5) is 0. The predicted octanol–water partition coefficient (Wildman–Crippen LogP) is 3.66. The van der Waals surface area contributed by atoms with E-state index in [1.165, 1.54) is 11.1 Å². The van der Waals surface area contributed by atoms with Crippen molar-refractivity contribution in [2.45, 2.75) is 25.6 Å². The summed E-state index contributed by atoms with van der Waals surface area (Å²) in [6.45, 7) is 2.80. The highest BCUT2D eigenvalue weighted by molar-refractivity contribution is 6.31. The average molecular weight is 287 g/mol. The van der Waals surface area contributed by atoms with Crippen molar-refractivity contribution in [3.05, 3.63) is 70.2 Å². The SMILES string of the molecule is Clc1ccccc1CNC1CCNCc2ccccc21. The zero-order valence-electron chi connectivity index (χ0n) is 11.4. The predicted molar refractivity (Wildman–Crippen MR) is 83.8 cm³/mol. The van der Waals surface area contributed by atoms with Crippen molar-refractivity contribution in [2.24, 2.45) is 0 Å². The van der Waals surface area contributed by atoms with Crippen LogP contribution < -0.4 is 10.6 Å². The minimum atomic E-state index is 0.387. The normalized spacial score (nSPS) is 18.4. The van der Waals surface area contributed by atoms with Crippen molar-refractivity contribution in [1.82, 2.24) is 10.6 Å². The number of nitrogens with one attached hydrogen (secondary N) is 2. The van der Waals surface area contributed by atoms with E-state index in [0.717, 1.165) is 36.6 Å². The highest BCUT2D eigenvalue weighted by Crippen LogP contribution is 2.24. The van der Waals surface area contributed by atoms with Crippen LogP contribution in [-0.2, 0) is 13.1 Å².